The number of fused-ring (bicyclic) bond motifs is 5. The lowest BCUT2D eigenvalue weighted by molar-refractivity contribution is -0.118. The number of carbonyl (C=O) groups is 1. The second-order valence-corrected chi connectivity index (χ2v) is 13.0. The molecule has 1 heteroatoms. The van der Waals surface area contributed by atoms with Crippen LogP contribution >= 0.6 is 0 Å². The van der Waals surface area contributed by atoms with Gasteiger partial charge in [0.05, 0.1) is 0 Å². The van der Waals surface area contributed by atoms with Gasteiger partial charge in [0.1, 0.15) is 0 Å². The van der Waals surface area contributed by atoms with Crippen LogP contribution in [0.1, 0.15) is 106 Å². The molecule has 0 bridgehead atoms. The minimum absolute atomic E-state index is 0.300. The topological polar surface area (TPSA) is 17.1 Å². The standard InChI is InChI=1S/C29H48O/c1-18(2)19(3)8-9-20(4)24-10-11-25-23-16-21(5)27-17-22(30)12-14-29(27,7)26(23)13-15-28(24,25)6/h17-21,23-26H,8-16H2,1-7H3/t19-,20-,21+,23+,24-,25+,26+,28-,29-/m1/s1. The van der Waals surface area contributed by atoms with Crippen molar-refractivity contribution in [1.29, 1.82) is 0 Å². The first-order valence-electron chi connectivity index (χ1n) is 13.3. The lowest BCUT2D eigenvalue weighted by atomic mass is 9.45. The summed E-state index contributed by atoms with van der Waals surface area (Å²) in [4.78, 5) is 12.2. The molecule has 0 aromatic rings. The smallest absolute Gasteiger partial charge is 0.155 e. The van der Waals surface area contributed by atoms with E-state index in [0.29, 0.717) is 22.5 Å². The summed E-state index contributed by atoms with van der Waals surface area (Å²) in [5.74, 6) is 7.09. The van der Waals surface area contributed by atoms with E-state index in [0.717, 1.165) is 54.3 Å². The van der Waals surface area contributed by atoms with Gasteiger partial charge in [0.25, 0.3) is 0 Å². The molecular formula is C29H48O. The summed E-state index contributed by atoms with van der Waals surface area (Å²) in [6.45, 7) is 17.4. The molecule has 1 nitrogen and oxygen atoms in total. The zero-order chi connectivity index (χ0) is 21.8. The van der Waals surface area contributed by atoms with E-state index in [4.69, 9.17) is 0 Å². The van der Waals surface area contributed by atoms with E-state index < -0.39 is 0 Å². The van der Waals surface area contributed by atoms with Gasteiger partial charge in [-0.3, -0.25) is 4.79 Å². The summed E-state index contributed by atoms with van der Waals surface area (Å²) < 4.78 is 0. The third kappa shape index (κ3) is 3.55. The Labute approximate surface area is 186 Å². The summed E-state index contributed by atoms with van der Waals surface area (Å²) in [7, 11) is 0. The molecule has 4 aliphatic rings. The average Bonchev–Trinajstić information content (AvgIpc) is 3.04. The van der Waals surface area contributed by atoms with Crippen molar-refractivity contribution in [2.75, 3.05) is 0 Å². The summed E-state index contributed by atoms with van der Waals surface area (Å²) in [6.07, 6.45) is 13.9. The normalized spacial score (nSPS) is 45.4. The monoisotopic (exact) mass is 412 g/mol. The van der Waals surface area contributed by atoms with Gasteiger partial charge in [-0.1, -0.05) is 66.9 Å². The summed E-state index contributed by atoms with van der Waals surface area (Å²) in [5.41, 5.74) is 2.38. The Hall–Kier alpha value is -0.590. The van der Waals surface area contributed by atoms with Crippen LogP contribution in [0.5, 0.6) is 0 Å². The first kappa shape index (κ1) is 22.6. The third-order valence-electron chi connectivity index (χ3n) is 11.3. The SMILES string of the molecule is CC(C)[C@H](C)CC[C@@H](C)[C@H]1CC[C@H]2[C@@H]3C[C@H](C)C4=CC(=O)CC[C@]4(C)[C@H]3CC[C@]12C. The van der Waals surface area contributed by atoms with Crippen molar-refractivity contribution in [1.82, 2.24) is 0 Å². The van der Waals surface area contributed by atoms with Gasteiger partial charge in [0, 0.05) is 6.42 Å². The molecule has 0 radical (unpaired) electrons. The minimum atomic E-state index is 0.300. The lowest BCUT2D eigenvalue weighted by Gasteiger charge is -2.60. The molecule has 0 heterocycles. The van der Waals surface area contributed by atoms with E-state index in [-0.39, 0.29) is 0 Å². The molecule has 0 aromatic heterocycles. The zero-order valence-corrected chi connectivity index (χ0v) is 21.0. The van der Waals surface area contributed by atoms with E-state index in [1.165, 1.54) is 50.5 Å². The van der Waals surface area contributed by atoms with Crippen molar-refractivity contribution < 1.29 is 4.79 Å². The van der Waals surface area contributed by atoms with Crippen molar-refractivity contribution >= 4 is 5.78 Å². The zero-order valence-electron chi connectivity index (χ0n) is 21.0. The average molecular weight is 413 g/mol. The molecule has 0 aliphatic heterocycles. The molecule has 0 unspecified atom stereocenters. The number of carbonyl (C=O) groups excluding carboxylic acids is 1. The molecule has 0 amide bonds. The van der Waals surface area contributed by atoms with Gasteiger partial charge in [-0.05, 0) is 103 Å². The van der Waals surface area contributed by atoms with E-state index in [1.54, 1.807) is 0 Å². The van der Waals surface area contributed by atoms with Crippen LogP contribution in [0, 0.1) is 58.2 Å². The second-order valence-electron chi connectivity index (χ2n) is 13.0. The highest BCUT2D eigenvalue weighted by molar-refractivity contribution is 5.91. The lowest BCUT2D eigenvalue weighted by Crippen LogP contribution is -2.52. The van der Waals surface area contributed by atoms with Crippen molar-refractivity contribution in [2.24, 2.45) is 58.2 Å². The highest BCUT2D eigenvalue weighted by Crippen LogP contribution is 2.68. The third-order valence-corrected chi connectivity index (χ3v) is 11.3. The molecule has 0 saturated heterocycles. The number of allylic oxidation sites excluding steroid dienone is 1. The maximum atomic E-state index is 12.2. The number of rotatable bonds is 5. The maximum Gasteiger partial charge on any atom is 0.155 e. The van der Waals surface area contributed by atoms with Crippen molar-refractivity contribution in [3.05, 3.63) is 11.6 Å². The Kier molecular flexibility index (Phi) is 6.08. The first-order valence-corrected chi connectivity index (χ1v) is 13.3. The van der Waals surface area contributed by atoms with Gasteiger partial charge in [-0.15, -0.1) is 0 Å². The highest BCUT2D eigenvalue weighted by Gasteiger charge is 2.60. The van der Waals surface area contributed by atoms with E-state index in [1.807, 2.05) is 0 Å². The van der Waals surface area contributed by atoms with Crippen molar-refractivity contribution in [2.45, 2.75) is 106 Å². The summed E-state index contributed by atoms with van der Waals surface area (Å²) in [6, 6.07) is 0. The molecule has 0 N–H and O–H groups in total. The van der Waals surface area contributed by atoms with Gasteiger partial charge < -0.3 is 0 Å². The number of hydrogen-bond donors (Lipinski definition) is 0. The fourth-order valence-corrected chi connectivity index (χ4v) is 9.02. The van der Waals surface area contributed by atoms with E-state index >= 15 is 0 Å². The van der Waals surface area contributed by atoms with Gasteiger partial charge in [0.2, 0.25) is 0 Å². The molecule has 4 aliphatic carbocycles. The molecule has 170 valence electrons. The van der Waals surface area contributed by atoms with Crippen LogP contribution in [0.15, 0.2) is 11.6 Å². The van der Waals surface area contributed by atoms with Gasteiger partial charge in [-0.2, -0.15) is 0 Å². The van der Waals surface area contributed by atoms with Crippen LogP contribution in [0.25, 0.3) is 0 Å². The molecule has 30 heavy (non-hydrogen) atoms. The molecule has 3 fully saturated rings. The molecular weight excluding hydrogens is 364 g/mol. The molecule has 0 spiro atoms. The van der Waals surface area contributed by atoms with Crippen LogP contribution in [0.4, 0.5) is 0 Å². The number of hydrogen-bond acceptors (Lipinski definition) is 1. The van der Waals surface area contributed by atoms with E-state index in [2.05, 4.69) is 54.5 Å². The Bertz CT molecular complexity index is 688. The molecule has 3 saturated carbocycles. The minimum Gasteiger partial charge on any atom is -0.295 e. The van der Waals surface area contributed by atoms with Gasteiger partial charge in [-0.25, -0.2) is 0 Å². The molecule has 4 rings (SSSR count). The predicted octanol–water partition coefficient (Wildman–Crippen LogP) is 8.09. The van der Waals surface area contributed by atoms with Crippen LogP contribution in [-0.2, 0) is 4.79 Å². The Morgan fingerprint density at radius 3 is 2.43 bits per heavy atom. The van der Waals surface area contributed by atoms with Crippen LogP contribution in [0.2, 0.25) is 0 Å². The number of ketones is 1. The Balaban J connectivity index is 1.52. The summed E-state index contributed by atoms with van der Waals surface area (Å²) >= 11 is 0. The maximum absolute atomic E-state index is 12.2. The Morgan fingerprint density at radius 1 is 1.00 bits per heavy atom. The van der Waals surface area contributed by atoms with Crippen LogP contribution in [0.3, 0.4) is 0 Å². The van der Waals surface area contributed by atoms with Crippen molar-refractivity contribution in [3.8, 4) is 0 Å². The van der Waals surface area contributed by atoms with E-state index in [9.17, 15) is 4.79 Å². The first-order chi connectivity index (χ1) is 14.1. The second kappa shape index (κ2) is 8.08. The summed E-state index contributed by atoms with van der Waals surface area (Å²) in [5, 5.41) is 0. The van der Waals surface area contributed by atoms with Crippen LogP contribution < -0.4 is 0 Å². The fraction of sp³-hybridized carbons (Fsp3) is 0.897. The fourth-order valence-electron chi connectivity index (χ4n) is 9.02. The predicted molar refractivity (Wildman–Crippen MR) is 127 cm³/mol. The quantitative estimate of drug-likeness (QED) is 0.446. The largest absolute Gasteiger partial charge is 0.295 e. The van der Waals surface area contributed by atoms with Crippen molar-refractivity contribution in [3.63, 3.8) is 0 Å². The van der Waals surface area contributed by atoms with Gasteiger partial charge in [0.15, 0.2) is 5.78 Å². The molecule has 9 atom stereocenters. The Morgan fingerprint density at radius 2 is 1.73 bits per heavy atom. The van der Waals surface area contributed by atoms with Crippen LogP contribution in [-0.4, -0.2) is 5.78 Å². The highest BCUT2D eigenvalue weighted by atomic mass is 16.1. The molecule has 0 aromatic carbocycles. The van der Waals surface area contributed by atoms with Gasteiger partial charge >= 0.3 is 0 Å².